The molecule has 0 heterocycles. The van der Waals surface area contributed by atoms with Crippen LogP contribution in [-0.4, -0.2) is 36.8 Å². The van der Waals surface area contributed by atoms with Gasteiger partial charge < -0.3 is 9.47 Å². The largest absolute Gasteiger partial charge is 0.466 e. The fourth-order valence-electron chi connectivity index (χ4n) is 0.763. The molecule has 0 saturated carbocycles. The van der Waals surface area contributed by atoms with Crippen molar-refractivity contribution in [1.82, 2.24) is 0 Å². The molecule has 0 aliphatic rings. The number of rotatable bonds is 4. The Labute approximate surface area is 98.9 Å². The molecule has 0 aromatic heterocycles. The molecule has 14 heavy (non-hydrogen) atoms. The summed E-state index contributed by atoms with van der Waals surface area (Å²) in [7, 11) is 2.52. The molecule has 4 nitrogen and oxygen atoms in total. The second kappa shape index (κ2) is 7.00. The van der Waals surface area contributed by atoms with Crippen molar-refractivity contribution in [3.05, 3.63) is 11.1 Å². The van der Waals surface area contributed by atoms with E-state index in [9.17, 15) is 9.59 Å². The van der Waals surface area contributed by atoms with Crippen LogP contribution in [0.5, 0.6) is 0 Å². The molecule has 0 radical (unpaired) electrons. The second-order valence-electron chi connectivity index (χ2n) is 2.21. The zero-order valence-corrected chi connectivity index (χ0v) is 11.0. The minimum Gasteiger partial charge on any atom is -0.466 e. The first-order valence-electron chi connectivity index (χ1n) is 3.62. The van der Waals surface area contributed by atoms with Gasteiger partial charge in [0.15, 0.2) is 0 Å². The Morgan fingerprint density at radius 3 is 1.36 bits per heavy atom. The third-order valence-electron chi connectivity index (χ3n) is 1.50. The maximum atomic E-state index is 11.2. The first-order valence-corrected chi connectivity index (χ1v) is 5.87. The predicted octanol–water partition coefficient (Wildman–Crippen LogP) is 1.42. The molecular weight excluding hydrogens is 320 g/mol. The van der Waals surface area contributed by atoms with Gasteiger partial charge in [0.1, 0.15) is 0 Å². The third kappa shape index (κ3) is 3.42. The average Bonchev–Trinajstić information content (AvgIpc) is 2.23. The highest BCUT2D eigenvalue weighted by Gasteiger charge is 2.20. The first kappa shape index (κ1) is 13.6. The van der Waals surface area contributed by atoms with E-state index in [-0.39, 0.29) is 21.8 Å². The van der Waals surface area contributed by atoms with Gasteiger partial charge in [0, 0.05) is 10.7 Å². The molecule has 0 N–H and O–H groups in total. The molecule has 0 aliphatic heterocycles. The van der Waals surface area contributed by atoms with E-state index in [1.54, 1.807) is 0 Å². The molecule has 0 aromatic carbocycles. The van der Waals surface area contributed by atoms with Gasteiger partial charge in [-0.05, 0) is 0 Å². The minimum atomic E-state index is -0.540. The molecule has 0 saturated heterocycles. The summed E-state index contributed by atoms with van der Waals surface area (Å²) >= 11 is 6.22. The van der Waals surface area contributed by atoms with Crippen LogP contribution in [0.1, 0.15) is 0 Å². The number of methoxy groups -OCH3 is 2. The summed E-state index contributed by atoms with van der Waals surface area (Å²) in [5, 5.41) is 0.491. The van der Waals surface area contributed by atoms with Crippen molar-refractivity contribution >= 4 is 43.8 Å². The summed E-state index contributed by atoms with van der Waals surface area (Å²) in [5.41, 5.74) is 0.521. The molecule has 6 heteroatoms. The summed E-state index contributed by atoms with van der Waals surface area (Å²) in [6.45, 7) is 0. The van der Waals surface area contributed by atoms with Gasteiger partial charge in [0.2, 0.25) is 0 Å². The molecule has 0 fully saturated rings. The Morgan fingerprint density at radius 1 is 0.929 bits per heavy atom. The van der Waals surface area contributed by atoms with Crippen LogP contribution in [0.15, 0.2) is 11.1 Å². The summed E-state index contributed by atoms with van der Waals surface area (Å²) in [5.74, 6) is -1.08. The molecule has 0 unspecified atom stereocenters. The smallest absolute Gasteiger partial charge is 0.335 e. The van der Waals surface area contributed by atoms with E-state index in [2.05, 4.69) is 41.3 Å². The number of hydrogen-bond acceptors (Lipinski definition) is 4. The van der Waals surface area contributed by atoms with Crippen LogP contribution in [0, 0.1) is 0 Å². The van der Waals surface area contributed by atoms with Crippen molar-refractivity contribution in [2.24, 2.45) is 0 Å². The standard InChI is InChI=1S/C8H10Br2O4/c1-13-7(11)5(3-9)6(4-10)8(12)14-2/h3-4H2,1-2H3. The highest BCUT2D eigenvalue weighted by atomic mass is 79.9. The molecule has 80 valence electrons. The van der Waals surface area contributed by atoms with Gasteiger partial charge in [-0.1, -0.05) is 31.9 Å². The first-order chi connectivity index (χ1) is 6.62. The van der Waals surface area contributed by atoms with Crippen LogP contribution in [0.2, 0.25) is 0 Å². The Morgan fingerprint density at radius 2 is 1.21 bits per heavy atom. The van der Waals surface area contributed by atoms with Gasteiger partial charge in [-0.2, -0.15) is 0 Å². The number of halogens is 2. The fraction of sp³-hybridized carbons (Fsp3) is 0.500. The minimum absolute atomic E-state index is 0.246. The van der Waals surface area contributed by atoms with E-state index in [1.165, 1.54) is 14.2 Å². The van der Waals surface area contributed by atoms with Crippen LogP contribution in [0.3, 0.4) is 0 Å². The summed E-state index contributed by atoms with van der Waals surface area (Å²) in [6.07, 6.45) is 0. The maximum absolute atomic E-state index is 11.2. The topological polar surface area (TPSA) is 52.6 Å². The lowest BCUT2D eigenvalue weighted by atomic mass is 10.1. The number of hydrogen-bond donors (Lipinski definition) is 0. The van der Waals surface area contributed by atoms with Crippen LogP contribution >= 0.6 is 31.9 Å². The fourth-order valence-corrected chi connectivity index (χ4v) is 1.90. The van der Waals surface area contributed by atoms with Crippen molar-refractivity contribution in [3.8, 4) is 0 Å². The third-order valence-corrected chi connectivity index (χ3v) is 2.62. The molecular formula is C8H10Br2O4. The van der Waals surface area contributed by atoms with Gasteiger partial charge in [-0.15, -0.1) is 0 Å². The van der Waals surface area contributed by atoms with Crippen molar-refractivity contribution in [2.75, 3.05) is 24.9 Å². The van der Waals surface area contributed by atoms with Gasteiger partial charge in [0.25, 0.3) is 0 Å². The van der Waals surface area contributed by atoms with Crippen LogP contribution in [-0.2, 0) is 19.1 Å². The summed E-state index contributed by atoms with van der Waals surface area (Å²) < 4.78 is 9.05. The summed E-state index contributed by atoms with van der Waals surface area (Å²) in [4.78, 5) is 22.5. The Hall–Kier alpha value is -0.360. The maximum Gasteiger partial charge on any atom is 0.335 e. The van der Waals surface area contributed by atoms with E-state index >= 15 is 0 Å². The lowest BCUT2D eigenvalue weighted by molar-refractivity contribution is -0.139. The molecule has 0 spiro atoms. The van der Waals surface area contributed by atoms with E-state index in [0.717, 1.165) is 0 Å². The Kier molecular flexibility index (Phi) is 6.82. The van der Waals surface area contributed by atoms with Gasteiger partial charge >= 0.3 is 11.9 Å². The molecule has 0 aromatic rings. The zero-order valence-electron chi connectivity index (χ0n) is 7.80. The van der Waals surface area contributed by atoms with Crippen molar-refractivity contribution in [3.63, 3.8) is 0 Å². The Balaban J connectivity index is 5.11. The zero-order chi connectivity index (χ0) is 11.1. The summed E-state index contributed by atoms with van der Waals surface area (Å²) in [6, 6.07) is 0. The number of carbonyl (C=O) groups is 2. The molecule has 0 aliphatic carbocycles. The van der Waals surface area contributed by atoms with Crippen molar-refractivity contribution in [1.29, 1.82) is 0 Å². The number of alkyl halides is 2. The predicted molar refractivity (Wildman–Crippen MR) is 58.6 cm³/mol. The van der Waals surface area contributed by atoms with E-state index < -0.39 is 11.9 Å². The van der Waals surface area contributed by atoms with Crippen LogP contribution in [0.4, 0.5) is 0 Å². The second-order valence-corrected chi connectivity index (χ2v) is 3.33. The SMILES string of the molecule is COC(=O)C(CBr)=C(CBr)C(=O)OC. The number of esters is 2. The van der Waals surface area contributed by atoms with Crippen LogP contribution < -0.4 is 0 Å². The van der Waals surface area contributed by atoms with Crippen molar-refractivity contribution in [2.45, 2.75) is 0 Å². The van der Waals surface area contributed by atoms with E-state index in [0.29, 0.717) is 0 Å². The number of carbonyl (C=O) groups excluding carboxylic acids is 2. The van der Waals surface area contributed by atoms with Crippen LogP contribution in [0.25, 0.3) is 0 Å². The van der Waals surface area contributed by atoms with E-state index in [4.69, 9.17) is 0 Å². The highest BCUT2D eigenvalue weighted by Crippen LogP contribution is 2.13. The number of ether oxygens (including phenoxy) is 2. The average molecular weight is 330 g/mol. The molecule has 0 amide bonds. The van der Waals surface area contributed by atoms with Gasteiger partial charge in [-0.25, -0.2) is 9.59 Å². The monoisotopic (exact) mass is 328 g/mol. The highest BCUT2D eigenvalue weighted by molar-refractivity contribution is 9.09. The van der Waals surface area contributed by atoms with E-state index in [1.807, 2.05) is 0 Å². The van der Waals surface area contributed by atoms with Gasteiger partial charge in [0.05, 0.1) is 25.4 Å². The lowest BCUT2D eigenvalue weighted by Crippen LogP contribution is -2.16. The Bertz CT molecular complexity index is 234. The van der Waals surface area contributed by atoms with Crippen molar-refractivity contribution < 1.29 is 19.1 Å². The molecule has 0 rings (SSSR count). The quantitative estimate of drug-likeness (QED) is 0.444. The molecule has 0 atom stereocenters. The molecule has 0 bridgehead atoms. The normalized spacial score (nSPS) is 11.7. The van der Waals surface area contributed by atoms with Gasteiger partial charge in [-0.3, -0.25) is 0 Å². The lowest BCUT2D eigenvalue weighted by Gasteiger charge is -2.07.